The van der Waals surface area contributed by atoms with Crippen LogP contribution in [0.1, 0.15) is 24.1 Å². The van der Waals surface area contributed by atoms with Crippen molar-refractivity contribution in [1.29, 1.82) is 0 Å². The average molecular weight is 358 g/mol. The Kier molecular flexibility index (Phi) is 5.42. The molecule has 2 rings (SSSR count). The van der Waals surface area contributed by atoms with Crippen LogP contribution in [0.25, 0.3) is 0 Å². The Hall–Kier alpha value is -1.33. The SMILES string of the molecule is CCNC(Cc1c(F)cccc1F)c1cccc(F)c1Br. The molecule has 0 radical (unpaired) electrons. The van der Waals surface area contributed by atoms with E-state index in [0.29, 0.717) is 16.6 Å². The molecule has 0 heterocycles. The molecule has 0 aromatic heterocycles. The lowest BCUT2D eigenvalue weighted by Gasteiger charge is -2.20. The first-order valence-corrected chi connectivity index (χ1v) is 7.44. The second kappa shape index (κ2) is 7.09. The Labute approximate surface area is 130 Å². The fourth-order valence-corrected chi connectivity index (χ4v) is 2.80. The van der Waals surface area contributed by atoms with Crippen molar-refractivity contribution >= 4 is 15.9 Å². The Morgan fingerprint density at radius 1 is 1.00 bits per heavy atom. The van der Waals surface area contributed by atoms with Crippen molar-refractivity contribution in [2.75, 3.05) is 6.54 Å². The standard InChI is InChI=1S/C16H15BrF3N/c1-2-21-15(10-5-3-8-14(20)16(10)17)9-11-12(18)6-4-7-13(11)19/h3-8,15,21H,2,9H2,1H3. The van der Waals surface area contributed by atoms with Crippen molar-refractivity contribution in [3.8, 4) is 0 Å². The third kappa shape index (κ3) is 3.66. The molecule has 2 aromatic rings. The van der Waals surface area contributed by atoms with E-state index in [1.807, 2.05) is 6.92 Å². The van der Waals surface area contributed by atoms with Crippen LogP contribution in [0.5, 0.6) is 0 Å². The van der Waals surface area contributed by atoms with Gasteiger partial charge in [0.25, 0.3) is 0 Å². The van der Waals surface area contributed by atoms with Gasteiger partial charge in [-0.3, -0.25) is 0 Å². The number of halogens is 4. The molecule has 0 saturated carbocycles. The average Bonchev–Trinajstić information content (AvgIpc) is 2.45. The fourth-order valence-electron chi connectivity index (χ4n) is 2.26. The summed E-state index contributed by atoms with van der Waals surface area (Å²) in [5, 5.41) is 3.14. The van der Waals surface area contributed by atoms with Crippen LogP contribution in [0, 0.1) is 17.5 Å². The minimum absolute atomic E-state index is 0.000360. The monoisotopic (exact) mass is 357 g/mol. The van der Waals surface area contributed by atoms with Crippen LogP contribution in [0.3, 0.4) is 0 Å². The Morgan fingerprint density at radius 2 is 1.57 bits per heavy atom. The van der Waals surface area contributed by atoms with E-state index in [9.17, 15) is 13.2 Å². The van der Waals surface area contributed by atoms with Crippen molar-refractivity contribution < 1.29 is 13.2 Å². The molecular formula is C16H15BrF3N. The lowest BCUT2D eigenvalue weighted by atomic mass is 9.98. The van der Waals surface area contributed by atoms with Gasteiger partial charge in [0.15, 0.2) is 0 Å². The molecule has 1 nitrogen and oxygen atoms in total. The van der Waals surface area contributed by atoms with Gasteiger partial charge < -0.3 is 5.32 Å². The highest BCUT2D eigenvalue weighted by Gasteiger charge is 2.20. The van der Waals surface area contributed by atoms with Gasteiger partial charge in [-0.05, 0) is 52.7 Å². The molecule has 0 saturated heterocycles. The maximum atomic E-state index is 13.8. The first-order chi connectivity index (χ1) is 10.0. The minimum Gasteiger partial charge on any atom is -0.310 e. The summed E-state index contributed by atoms with van der Waals surface area (Å²) >= 11 is 3.20. The van der Waals surface area contributed by atoms with Crippen molar-refractivity contribution in [2.45, 2.75) is 19.4 Å². The van der Waals surface area contributed by atoms with Gasteiger partial charge in [-0.1, -0.05) is 25.1 Å². The van der Waals surface area contributed by atoms with Gasteiger partial charge in [0.05, 0.1) is 4.47 Å². The maximum absolute atomic E-state index is 13.8. The third-order valence-electron chi connectivity index (χ3n) is 3.28. The molecule has 0 amide bonds. The van der Waals surface area contributed by atoms with Gasteiger partial charge >= 0.3 is 0 Å². The van der Waals surface area contributed by atoms with E-state index in [0.717, 1.165) is 0 Å². The van der Waals surface area contributed by atoms with E-state index in [2.05, 4.69) is 21.2 Å². The van der Waals surface area contributed by atoms with Gasteiger partial charge in [0.2, 0.25) is 0 Å². The molecule has 21 heavy (non-hydrogen) atoms. The van der Waals surface area contributed by atoms with E-state index in [1.54, 1.807) is 12.1 Å². The lowest BCUT2D eigenvalue weighted by Crippen LogP contribution is -2.24. The van der Waals surface area contributed by atoms with Crippen molar-refractivity contribution in [3.63, 3.8) is 0 Å². The number of hydrogen-bond donors (Lipinski definition) is 1. The summed E-state index contributed by atoms with van der Waals surface area (Å²) in [6.07, 6.45) is 0.106. The summed E-state index contributed by atoms with van der Waals surface area (Å²) < 4.78 is 41.6. The van der Waals surface area contributed by atoms with Crippen molar-refractivity contribution in [1.82, 2.24) is 5.32 Å². The molecule has 2 aromatic carbocycles. The quantitative estimate of drug-likeness (QED) is 0.813. The first kappa shape index (κ1) is 16.0. The molecule has 0 aliphatic rings. The van der Waals surface area contributed by atoms with Gasteiger partial charge in [0, 0.05) is 11.6 Å². The van der Waals surface area contributed by atoms with Crippen LogP contribution >= 0.6 is 15.9 Å². The van der Waals surface area contributed by atoms with E-state index >= 15 is 0 Å². The Balaban J connectivity index is 2.38. The van der Waals surface area contributed by atoms with Gasteiger partial charge in [-0.25, -0.2) is 13.2 Å². The zero-order valence-corrected chi connectivity index (χ0v) is 13.1. The summed E-state index contributed by atoms with van der Waals surface area (Å²) in [7, 11) is 0. The molecule has 1 N–H and O–H groups in total. The molecular weight excluding hydrogens is 343 g/mol. The lowest BCUT2D eigenvalue weighted by molar-refractivity contribution is 0.495. The van der Waals surface area contributed by atoms with E-state index in [1.165, 1.54) is 24.3 Å². The summed E-state index contributed by atoms with van der Waals surface area (Å²) in [5.41, 5.74) is 0.638. The molecule has 0 spiro atoms. The highest BCUT2D eigenvalue weighted by atomic mass is 79.9. The number of nitrogens with one attached hydrogen (secondary N) is 1. The van der Waals surface area contributed by atoms with Crippen molar-refractivity contribution in [3.05, 3.63) is 69.4 Å². The normalized spacial score (nSPS) is 12.4. The van der Waals surface area contributed by atoms with Crippen LogP contribution in [0.15, 0.2) is 40.9 Å². The predicted molar refractivity (Wildman–Crippen MR) is 80.6 cm³/mol. The van der Waals surface area contributed by atoms with Crippen LogP contribution in [-0.2, 0) is 6.42 Å². The van der Waals surface area contributed by atoms with Crippen LogP contribution in [0.2, 0.25) is 0 Å². The van der Waals surface area contributed by atoms with E-state index < -0.39 is 17.5 Å². The van der Waals surface area contributed by atoms with E-state index in [4.69, 9.17) is 0 Å². The zero-order valence-electron chi connectivity index (χ0n) is 11.5. The molecule has 0 aliphatic heterocycles. The molecule has 0 fully saturated rings. The second-order valence-electron chi connectivity index (χ2n) is 4.66. The summed E-state index contributed by atoms with van der Waals surface area (Å²) in [6.45, 7) is 2.49. The van der Waals surface area contributed by atoms with E-state index in [-0.39, 0.29) is 18.0 Å². The van der Waals surface area contributed by atoms with Crippen molar-refractivity contribution in [2.24, 2.45) is 0 Å². The number of rotatable bonds is 5. The van der Waals surface area contributed by atoms with Crippen LogP contribution in [-0.4, -0.2) is 6.54 Å². The molecule has 1 unspecified atom stereocenters. The summed E-state index contributed by atoms with van der Waals surface area (Å²) in [6, 6.07) is 8.04. The summed E-state index contributed by atoms with van der Waals surface area (Å²) in [4.78, 5) is 0. The van der Waals surface area contributed by atoms with Gasteiger partial charge in [-0.15, -0.1) is 0 Å². The fraction of sp³-hybridized carbons (Fsp3) is 0.250. The van der Waals surface area contributed by atoms with Gasteiger partial charge in [-0.2, -0.15) is 0 Å². The largest absolute Gasteiger partial charge is 0.310 e. The second-order valence-corrected chi connectivity index (χ2v) is 5.45. The molecule has 0 aliphatic carbocycles. The number of benzene rings is 2. The molecule has 5 heteroatoms. The highest BCUT2D eigenvalue weighted by molar-refractivity contribution is 9.10. The Morgan fingerprint density at radius 3 is 2.19 bits per heavy atom. The summed E-state index contributed by atoms with van der Waals surface area (Å²) in [5.74, 6) is -1.58. The highest BCUT2D eigenvalue weighted by Crippen LogP contribution is 2.29. The predicted octanol–water partition coefficient (Wildman–Crippen LogP) is 4.76. The molecule has 1 atom stereocenters. The smallest absolute Gasteiger partial charge is 0.137 e. The third-order valence-corrected chi connectivity index (χ3v) is 4.11. The number of likely N-dealkylation sites (N-methyl/N-ethyl adjacent to an activating group) is 1. The first-order valence-electron chi connectivity index (χ1n) is 6.64. The molecule has 112 valence electrons. The van der Waals surface area contributed by atoms with Crippen LogP contribution < -0.4 is 5.32 Å². The zero-order chi connectivity index (χ0) is 15.4. The van der Waals surface area contributed by atoms with Gasteiger partial charge in [0.1, 0.15) is 17.5 Å². The maximum Gasteiger partial charge on any atom is 0.137 e. The minimum atomic E-state index is -0.592. The topological polar surface area (TPSA) is 12.0 Å². The van der Waals surface area contributed by atoms with Crippen LogP contribution in [0.4, 0.5) is 13.2 Å². The number of hydrogen-bond acceptors (Lipinski definition) is 1. The Bertz CT molecular complexity index is 611. The molecule has 0 bridgehead atoms.